The molecule has 1 unspecified atom stereocenters. The van der Waals surface area contributed by atoms with Gasteiger partial charge in [0.15, 0.2) is 0 Å². The SMILES string of the molecule is CCOC(=O)C1CCCc2c1c1cc(OC)ccc1n2C. The highest BCUT2D eigenvalue weighted by atomic mass is 16.5. The van der Waals surface area contributed by atoms with Crippen LogP contribution < -0.4 is 4.74 Å². The highest BCUT2D eigenvalue weighted by Gasteiger charge is 2.32. The Balaban J connectivity index is 2.20. The number of hydrogen-bond acceptors (Lipinski definition) is 3. The predicted molar refractivity (Wildman–Crippen MR) is 81.8 cm³/mol. The third kappa shape index (κ3) is 2.19. The summed E-state index contributed by atoms with van der Waals surface area (Å²) < 4.78 is 12.8. The molecule has 0 bridgehead atoms. The summed E-state index contributed by atoms with van der Waals surface area (Å²) in [4.78, 5) is 12.3. The number of aryl methyl sites for hydroxylation is 1. The van der Waals surface area contributed by atoms with Gasteiger partial charge in [-0.15, -0.1) is 0 Å². The molecule has 0 amide bonds. The fraction of sp³-hybridized carbons (Fsp3) is 0.471. The molecule has 0 spiro atoms. The van der Waals surface area contributed by atoms with Crippen LogP contribution in [0.2, 0.25) is 0 Å². The summed E-state index contributed by atoms with van der Waals surface area (Å²) in [5.74, 6) is 0.572. The van der Waals surface area contributed by atoms with Crippen molar-refractivity contribution in [3.05, 3.63) is 29.5 Å². The van der Waals surface area contributed by atoms with Crippen molar-refractivity contribution >= 4 is 16.9 Å². The van der Waals surface area contributed by atoms with Crippen molar-refractivity contribution in [2.75, 3.05) is 13.7 Å². The molecule has 1 aromatic carbocycles. The normalized spacial score (nSPS) is 17.6. The van der Waals surface area contributed by atoms with Crippen molar-refractivity contribution in [3.63, 3.8) is 0 Å². The van der Waals surface area contributed by atoms with E-state index >= 15 is 0 Å². The van der Waals surface area contributed by atoms with E-state index in [1.807, 2.05) is 19.1 Å². The number of carbonyl (C=O) groups is 1. The lowest BCUT2D eigenvalue weighted by Gasteiger charge is -2.22. The van der Waals surface area contributed by atoms with Gasteiger partial charge in [0.05, 0.1) is 19.6 Å². The van der Waals surface area contributed by atoms with Crippen molar-refractivity contribution in [1.82, 2.24) is 4.57 Å². The minimum absolute atomic E-state index is 0.103. The molecule has 4 heteroatoms. The summed E-state index contributed by atoms with van der Waals surface area (Å²) in [7, 11) is 3.74. The molecule has 0 N–H and O–H groups in total. The molecule has 1 aliphatic rings. The summed E-state index contributed by atoms with van der Waals surface area (Å²) in [5.41, 5.74) is 3.54. The van der Waals surface area contributed by atoms with Crippen LogP contribution in [0, 0.1) is 0 Å². The van der Waals surface area contributed by atoms with Crippen LogP contribution in [0.3, 0.4) is 0 Å². The third-order valence-electron chi connectivity index (χ3n) is 4.40. The Morgan fingerprint density at radius 2 is 2.24 bits per heavy atom. The molecule has 1 heterocycles. The number of nitrogens with zero attached hydrogens (tertiary/aromatic N) is 1. The van der Waals surface area contributed by atoms with Gasteiger partial charge in [0.1, 0.15) is 5.75 Å². The summed E-state index contributed by atoms with van der Waals surface area (Å²) in [5, 5.41) is 1.12. The van der Waals surface area contributed by atoms with Crippen LogP contribution >= 0.6 is 0 Å². The maximum absolute atomic E-state index is 12.3. The van der Waals surface area contributed by atoms with E-state index in [0.29, 0.717) is 6.61 Å². The fourth-order valence-electron chi connectivity index (χ4n) is 3.42. The zero-order valence-corrected chi connectivity index (χ0v) is 12.8. The van der Waals surface area contributed by atoms with Crippen LogP contribution in [0.15, 0.2) is 18.2 Å². The third-order valence-corrected chi connectivity index (χ3v) is 4.40. The average molecular weight is 287 g/mol. The molecule has 21 heavy (non-hydrogen) atoms. The summed E-state index contributed by atoms with van der Waals surface area (Å²) in [6.45, 7) is 2.28. The minimum Gasteiger partial charge on any atom is -0.497 e. The van der Waals surface area contributed by atoms with Crippen molar-refractivity contribution in [2.45, 2.75) is 32.1 Å². The lowest BCUT2D eigenvalue weighted by molar-refractivity contribution is -0.145. The lowest BCUT2D eigenvalue weighted by Crippen LogP contribution is -2.21. The number of fused-ring (bicyclic) bond motifs is 3. The van der Waals surface area contributed by atoms with Crippen LogP contribution in [0.4, 0.5) is 0 Å². The van der Waals surface area contributed by atoms with Gasteiger partial charge in [-0.2, -0.15) is 0 Å². The zero-order valence-electron chi connectivity index (χ0n) is 12.8. The van der Waals surface area contributed by atoms with Crippen LogP contribution in [0.5, 0.6) is 5.75 Å². The van der Waals surface area contributed by atoms with E-state index < -0.39 is 0 Å². The molecule has 3 rings (SSSR count). The van der Waals surface area contributed by atoms with Crippen molar-refractivity contribution in [1.29, 1.82) is 0 Å². The van der Waals surface area contributed by atoms with Gasteiger partial charge < -0.3 is 14.0 Å². The van der Waals surface area contributed by atoms with Crippen molar-refractivity contribution < 1.29 is 14.3 Å². The first-order valence-electron chi connectivity index (χ1n) is 7.49. The van der Waals surface area contributed by atoms with Crippen molar-refractivity contribution in [3.8, 4) is 5.75 Å². The maximum atomic E-state index is 12.3. The zero-order chi connectivity index (χ0) is 15.0. The molecule has 1 aliphatic carbocycles. The van der Waals surface area contributed by atoms with E-state index in [2.05, 4.69) is 17.7 Å². The van der Waals surface area contributed by atoms with Gasteiger partial charge >= 0.3 is 5.97 Å². The standard InChI is InChI=1S/C17H21NO3/c1-4-21-17(19)12-6-5-7-15-16(12)13-10-11(20-3)8-9-14(13)18(15)2/h8-10,12H,4-7H2,1-3H3. The molecule has 0 saturated carbocycles. The van der Waals surface area contributed by atoms with Gasteiger partial charge in [-0.3, -0.25) is 4.79 Å². The Kier molecular flexibility index (Phi) is 3.62. The van der Waals surface area contributed by atoms with Crippen LogP contribution in [-0.2, 0) is 23.0 Å². The molecular formula is C17H21NO3. The van der Waals surface area contributed by atoms with Crippen molar-refractivity contribution in [2.24, 2.45) is 7.05 Å². The second-order valence-electron chi connectivity index (χ2n) is 5.50. The van der Waals surface area contributed by atoms with Gasteiger partial charge in [-0.1, -0.05) is 0 Å². The molecule has 1 aromatic heterocycles. The highest BCUT2D eigenvalue weighted by molar-refractivity contribution is 5.93. The number of benzene rings is 1. The van der Waals surface area contributed by atoms with Crippen LogP contribution in [0.25, 0.3) is 10.9 Å². The predicted octanol–water partition coefficient (Wildman–Crippen LogP) is 3.17. The second kappa shape index (κ2) is 5.43. The number of hydrogen-bond donors (Lipinski definition) is 0. The van der Waals surface area contributed by atoms with E-state index in [1.54, 1.807) is 7.11 Å². The first kappa shape index (κ1) is 14.0. The number of rotatable bonds is 3. The Bertz CT molecular complexity index is 687. The van der Waals surface area contributed by atoms with Gasteiger partial charge in [0.25, 0.3) is 0 Å². The smallest absolute Gasteiger partial charge is 0.313 e. The largest absolute Gasteiger partial charge is 0.497 e. The molecule has 1 atom stereocenters. The minimum atomic E-state index is -0.149. The number of esters is 1. The molecule has 0 saturated heterocycles. The first-order chi connectivity index (χ1) is 10.2. The molecule has 2 aromatic rings. The average Bonchev–Trinajstić information content (AvgIpc) is 2.80. The highest BCUT2D eigenvalue weighted by Crippen LogP contribution is 2.40. The monoisotopic (exact) mass is 287 g/mol. The van der Waals surface area contributed by atoms with Crippen LogP contribution in [0.1, 0.15) is 36.9 Å². The topological polar surface area (TPSA) is 40.5 Å². The summed E-state index contributed by atoms with van der Waals surface area (Å²) in [6, 6.07) is 6.06. The molecule has 0 fully saturated rings. The quantitative estimate of drug-likeness (QED) is 0.814. The molecule has 4 nitrogen and oxygen atoms in total. The van der Waals surface area contributed by atoms with E-state index in [9.17, 15) is 4.79 Å². The number of ether oxygens (including phenoxy) is 2. The molecular weight excluding hydrogens is 266 g/mol. The maximum Gasteiger partial charge on any atom is 0.313 e. The lowest BCUT2D eigenvalue weighted by atomic mass is 9.85. The molecule has 112 valence electrons. The van der Waals surface area contributed by atoms with E-state index in [0.717, 1.165) is 41.5 Å². The van der Waals surface area contributed by atoms with Crippen LogP contribution in [-0.4, -0.2) is 24.3 Å². The number of aromatic nitrogens is 1. The summed E-state index contributed by atoms with van der Waals surface area (Å²) in [6.07, 6.45) is 2.90. The second-order valence-corrected chi connectivity index (χ2v) is 5.50. The van der Waals surface area contributed by atoms with Gasteiger partial charge in [-0.25, -0.2) is 0 Å². The Hall–Kier alpha value is -1.97. The molecule has 0 aliphatic heterocycles. The van der Waals surface area contributed by atoms with Gasteiger partial charge in [0, 0.05) is 23.6 Å². The van der Waals surface area contributed by atoms with Gasteiger partial charge in [-0.05, 0) is 49.9 Å². The first-order valence-corrected chi connectivity index (χ1v) is 7.49. The Morgan fingerprint density at radius 1 is 1.43 bits per heavy atom. The Morgan fingerprint density at radius 3 is 2.95 bits per heavy atom. The number of methoxy groups -OCH3 is 1. The van der Waals surface area contributed by atoms with E-state index in [1.165, 1.54) is 5.69 Å². The Labute approximate surface area is 124 Å². The van der Waals surface area contributed by atoms with E-state index in [-0.39, 0.29) is 11.9 Å². The van der Waals surface area contributed by atoms with Gasteiger partial charge in [0.2, 0.25) is 0 Å². The number of carbonyl (C=O) groups excluding carboxylic acids is 1. The molecule has 0 radical (unpaired) electrons. The van der Waals surface area contributed by atoms with E-state index in [4.69, 9.17) is 9.47 Å². The summed E-state index contributed by atoms with van der Waals surface area (Å²) >= 11 is 0. The fourth-order valence-corrected chi connectivity index (χ4v) is 3.42.